The van der Waals surface area contributed by atoms with E-state index in [0.717, 1.165) is 41.4 Å². The maximum atomic E-state index is 5.53. The van der Waals surface area contributed by atoms with Gasteiger partial charge in [0.25, 0.3) is 0 Å². The third kappa shape index (κ3) is 10.8. The molecule has 0 aliphatic heterocycles. The molecule has 0 amide bonds. The van der Waals surface area contributed by atoms with Crippen LogP contribution in [0.5, 0.6) is 11.5 Å². The van der Waals surface area contributed by atoms with Crippen LogP contribution in [0.3, 0.4) is 0 Å². The predicted molar refractivity (Wildman–Crippen MR) is 140 cm³/mol. The van der Waals surface area contributed by atoms with E-state index in [2.05, 4.69) is 50.9 Å². The van der Waals surface area contributed by atoms with Gasteiger partial charge in [-0.1, -0.05) is 45.6 Å². The van der Waals surface area contributed by atoms with Crippen LogP contribution in [-0.2, 0) is 6.54 Å². The largest absolute Gasteiger partial charge is 0.497 e. The second kappa shape index (κ2) is 16.4. The lowest BCUT2D eigenvalue weighted by Gasteiger charge is -2.20. The van der Waals surface area contributed by atoms with Crippen molar-refractivity contribution in [1.29, 1.82) is 0 Å². The van der Waals surface area contributed by atoms with E-state index in [0.29, 0.717) is 11.0 Å². The fourth-order valence-corrected chi connectivity index (χ4v) is 3.24. The van der Waals surface area contributed by atoms with Gasteiger partial charge >= 0.3 is 0 Å². The van der Waals surface area contributed by atoms with Crippen LogP contribution < -0.4 is 14.8 Å². The Morgan fingerprint density at radius 3 is 2.50 bits per heavy atom. The minimum atomic E-state index is 0.572. The lowest BCUT2D eigenvalue weighted by atomic mass is 10.1. The minimum Gasteiger partial charge on any atom is -0.497 e. The number of benzene rings is 1. The Morgan fingerprint density at radius 1 is 1.16 bits per heavy atom. The number of hydrogen-bond acceptors (Lipinski definition) is 6. The molecule has 0 aliphatic rings. The Labute approximate surface area is 202 Å². The first-order valence-electron chi connectivity index (χ1n) is 11.2. The molecule has 0 saturated heterocycles. The first kappa shape index (κ1) is 27.8. The molecule has 0 saturated carbocycles. The SMILES string of the molecule is C=C(Br)/C=N\N(C)/C(=C\C(CCCCCCCC)=N/C)NCc1ccc(OC)cc1OC. The van der Waals surface area contributed by atoms with Crippen molar-refractivity contribution in [3.63, 3.8) is 0 Å². The van der Waals surface area contributed by atoms with Crippen molar-refractivity contribution in [3.8, 4) is 11.5 Å². The minimum absolute atomic E-state index is 0.572. The van der Waals surface area contributed by atoms with Crippen molar-refractivity contribution in [3.05, 3.63) is 46.7 Å². The van der Waals surface area contributed by atoms with Gasteiger partial charge in [0.2, 0.25) is 0 Å². The summed E-state index contributed by atoms with van der Waals surface area (Å²) in [5.74, 6) is 2.38. The number of hydrazone groups is 1. The van der Waals surface area contributed by atoms with Crippen LogP contribution in [0.1, 0.15) is 57.4 Å². The standard InChI is InChI=1S/C25H39BrN4O2/c1-7-8-9-10-11-12-13-22(27-3)16-25(30(4)29-18-20(2)26)28-19-21-14-15-23(31-5)17-24(21)32-6/h14-18,28H,2,7-13,19H2,1,3-6H3/b25-16-,27-22-,29-18-. The topological polar surface area (TPSA) is 58.5 Å². The quantitative estimate of drug-likeness (QED) is 0.163. The first-order valence-corrected chi connectivity index (χ1v) is 12.0. The number of unbranched alkanes of at least 4 members (excludes halogenated alkanes) is 5. The number of nitrogens with one attached hydrogen (secondary N) is 1. The van der Waals surface area contributed by atoms with Crippen LogP contribution in [0.2, 0.25) is 0 Å². The van der Waals surface area contributed by atoms with Crippen molar-refractivity contribution in [1.82, 2.24) is 10.3 Å². The van der Waals surface area contributed by atoms with Gasteiger partial charge in [-0.15, -0.1) is 0 Å². The second-order valence-electron chi connectivity index (χ2n) is 7.51. The second-order valence-corrected chi connectivity index (χ2v) is 8.53. The van der Waals surface area contributed by atoms with Crippen LogP contribution in [-0.4, -0.2) is 45.3 Å². The zero-order valence-electron chi connectivity index (χ0n) is 20.3. The average molecular weight is 508 g/mol. The predicted octanol–water partition coefficient (Wildman–Crippen LogP) is 6.28. The van der Waals surface area contributed by atoms with Crippen LogP contribution in [0, 0.1) is 0 Å². The highest BCUT2D eigenvalue weighted by molar-refractivity contribution is 9.12. The molecule has 1 N–H and O–H groups in total. The first-order chi connectivity index (χ1) is 15.4. The van der Waals surface area contributed by atoms with E-state index in [4.69, 9.17) is 9.47 Å². The fourth-order valence-electron chi connectivity index (χ4n) is 3.15. The third-order valence-corrected chi connectivity index (χ3v) is 5.26. The van der Waals surface area contributed by atoms with E-state index in [1.165, 1.54) is 32.1 Å². The molecule has 0 spiro atoms. The lowest BCUT2D eigenvalue weighted by molar-refractivity contribution is 0.385. The number of methoxy groups -OCH3 is 2. The van der Waals surface area contributed by atoms with E-state index in [9.17, 15) is 0 Å². The van der Waals surface area contributed by atoms with Gasteiger partial charge in [0.15, 0.2) is 0 Å². The molecule has 0 atom stereocenters. The molecule has 7 heteroatoms. The monoisotopic (exact) mass is 506 g/mol. The summed E-state index contributed by atoms with van der Waals surface area (Å²) in [7, 11) is 7.05. The van der Waals surface area contributed by atoms with Gasteiger partial charge in [0.1, 0.15) is 17.3 Å². The summed E-state index contributed by atoms with van der Waals surface area (Å²) in [4.78, 5) is 4.50. The highest BCUT2D eigenvalue weighted by Crippen LogP contribution is 2.24. The van der Waals surface area contributed by atoms with E-state index >= 15 is 0 Å². The van der Waals surface area contributed by atoms with Crippen LogP contribution >= 0.6 is 15.9 Å². The van der Waals surface area contributed by atoms with Gasteiger partial charge in [-0.05, 0) is 40.9 Å². The molecule has 32 heavy (non-hydrogen) atoms. The van der Waals surface area contributed by atoms with Gasteiger partial charge in [-0.3, -0.25) is 10.0 Å². The Morgan fingerprint density at radius 2 is 1.88 bits per heavy atom. The highest BCUT2D eigenvalue weighted by Gasteiger charge is 2.09. The number of ether oxygens (including phenoxy) is 2. The molecule has 0 bridgehead atoms. The lowest BCUT2D eigenvalue weighted by Crippen LogP contribution is -2.26. The van der Waals surface area contributed by atoms with Crippen molar-refractivity contribution in [2.75, 3.05) is 28.3 Å². The summed E-state index contributed by atoms with van der Waals surface area (Å²) >= 11 is 3.32. The van der Waals surface area contributed by atoms with Gasteiger partial charge < -0.3 is 14.8 Å². The molecule has 178 valence electrons. The molecule has 6 nitrogen and oxygen atoms in total. The molecule has 1 aromatic rings. The molecular weight excluding hydrogens is 468 g/mol. The van der Waals surface area contributed by atoms with Gasteiger partial charge in [0.05, 0.1) is 20.4 Å². The third-order valence-electron chi connectivity index (χ3n) is 5.05. The highest BCUT2D eigenvalue weighted by atomic mass is 79.9. The molecule has 1 rings (SSSR count). The van der Waals surface area contributed by atoms with E-state index in [1.54, 1.807) is 25.4 Å². The average Bonchev–Trinajstić information content (AvgIpc) is 2.80. The van der Waals surface area contributed by atoms with E-state index in [1.807, 2.05) is 32.3 Å². The molecular formula is C25H39BrN4O2. The Bertz CT molecular complexity index is 790. The smallest absolute Gasteiger partial charge is 0.127 e. The number of allylic oxidation sites excluding steroid dienone is 2. The van der Waals surface area contributed by atoms with Crippen LogP contribution in [0.25, 0.3) is 0 Å². The van der Waals surface area contributed by atoms with Crippen molar-refractivity contribution >= 4 is 27.9 Å². The Hall–Kier alpha value is -2.28. The molecule has 0 fully saturated rings. The summed E-state index contributed by atoms with van der Waals surface area (Å²) in [5.41, 5.74) is 2.07. The Kier molecular flexibility index (Phi) is 14.2. The molecule has 0 radical (unpaired) electrons. The molecule has 0 aliphatic carbocycles. The summed E-state index contributed by atoms with van der Waals surface area (Å²) in [6, 6.07) is 5.81. The van der Waals surface area contributed by atoms with Gasteiger partial charge in [-0.2, -0.15) is 5.10 Å². The van der Waals surface area contributed by atoms with Crippen LogP contribution in [0.4, 0.5) is 0 Å². The fraction of sp³-hybridized carbons (Fsp3) is 0.520. The number of halogens is 1. The summed E-state index contributed by atoms with van der Waals surface area (Å²) < 4.78 is 11.5. The number of hydrogen-bond donors (Lipinski definition) is 1. The zero-order valence-corrected chi connectivity index (χ0v) is 21.9. The van der Waals surface area contributed by atoms with Crippen molar-refractivity contribution < 1.29 is 9.47 Å². The summed E-state index contributed by atoms with van der Waals surface area (Å²) in [6.07, 6.45) is 12.2. The normalized spacial score (nSPS) is 12.2. The number of aliphatic imine (C=N–C) groups is 1. The number of nitrogens with zero attached hydrogens (tertiary/aromatic N) is 3. The van der Waals surface area contributed by atoms with Gasteiger partial charge in [-0.25, -0.2) is 0 Å². The number of rotatable bonds is 16. The molecule has 0 unspecified atom stereocenters. The molecule has 0 aromatic heterocycles. The van der Waals surface area contributed by atoms with E-state index in [-0.39, 0.29) is 0 Å². The zero-order chi connectivity index (χ0) is 23.8. The summed E-state index contributed by atoms with van der Waals surface area (Å²) in [5, 5.41) is 9.72. The maximum absolute atomic E-state index is 5.53. The molecule has 0 heterocycles. The van der Waals surface area contributed by atoms with Crippen LogP contribution in [0.15, 0.2) is 51.3 Å². The van der Waals surface area contributed by atoms with E-state index < -0.39 is 0 Å². The maximum Gasteiger partial charge on any atom is 0.127 e. The summed E-state index contributed by atoms with van der Waals surface area (Å²) in [6.45, 7) is 6.63. The Balaban J connectivity index is 2.93. The van der Waals surface area contributed by atoms with Gasteiger partial charge in [0, 0.05) is 48.5 Å². The van der Waals surface area contributed by atoms with Crippen molar-refractivity contribution in [2.24, 2.45) is 10.1 Å². The van der Waals surface area contributed by atoms with Crippen molar-refractivity contribution in [2.45, 2.75) is 58.4 Å². The molecule has 1 aromatic carbocycles.